The van der Waals surface area contributed by atoms with Crippen LogP contribution in [0.5, 0.6) is 0 Å². The first-order chi connectivity index (χ1) is 7.33. The molecule has 2 N–H and O–H groups in total. The lowest BCUT2D eigenvalue weighted by Gasteiger charge is -2.38. The molecule has 0 bridgehead atoms. The molecule has 3 heteroatoms. The maximum absolute atomic E-state index is 8.88. The molecule has 2 rings (SSSR count). The number of likely N-dealkylation sites (tertiary alicyclic amines) is 1. The molecule has 0 spiro atoms. The molecule has 3 nitrogen and oxygen atoms in total. The summed E-state index contributed by atoms with van der Waals surface area (Å²) in [5.74, 6) is 0.795. The van der Waals surface area contributed by atoms with Crippen molar-refractivity contribution in [2.45, 2.75) is 44.2 Å². The van der Waals surface area contributed by atoms with E-state index in [1.807, 2.05) is 0 Å². The zero-order valence-corrected chi connectivity index (χ0v) is 9.78. The van der Waals surface area contributed by atoms with E-state index in [4.69, 9.17) is 5.11 Å². The van der Waals surface area contributed by atoms with Crippen LogP contribution in [0.25, 0.3) is 0 Å². The minimum absolute atomic E-state index is 0.351. The van der Waals surface area contributed by atoms with E-state index in [2.05, 4.69) is 17.3 Å². The van der Waals surface area contributed by atoms with Gasteiger partial charge in [0.05, 0.1) is 0 Å². The van der Waals surface area contributed by atoms with Crippen molar-refractivity contribution < 1.29 is 5.11 Å². The van der Waals surface area contributed by atoms with Gasteiger partial charge in [-0.25, -0.2) is 0 Å². The maximum Gasteiger partial charge on any atom is 0.0431 e. The number of likely N-dealkylation sites (N-methyl/N-ethyl adjacent to an activating group) is 1. The average Bonchev–Trinajstić information content (AvgIpc) is 3.09. The Morgan fingerprint density at radius 2 is 2.13 bits per heavy atom. The van der Waals surface area contributed by atoms with Crippen LogP contribution in [-0.4, -0.2) is 48.8 Å². The lowest BCUT2D eigenvalue weighted by Crippen LogP contribution is -2.49. The zero-order valence-electron chi connectivity index (χ0n) is 9.78. The lowest BCUT2D eigenvalue weighted by molar-refractivity contribution is 0.126. The summed E-state index contributed by atoms with van der Waals surface area (Å²) in [6.45, 7) is 2.85. The SMILES string of the molecule is CNC1CC(CCCO)CN(C2CC2)C1. The van der Waals surface area contributed by atoms with Crippen LogP contribution in [0.3, 0.4) is 0 Å². The quantitative estimate of drug-likeness (QED) is 0.708. The van der Waals surface area contributed by atoms with Gasteiger partial charge in [-0.2, -0.15) is 0 Å². The Morgan fingerprint density at radius 3 is 2.73 bits per heavy atom. The molecule has 1 heterocycles. The van der Waals surface area contributed by atoms with E-state index in [0.717, 1.165) is 18.4 Å². The molecule has 2 atom stereocenters. The molecule has 2 unspecified atom stereocenters. The number of piperidine rings is 1. The van der Waals surface area contributed by atoms with E-state index in [0.29, 0.717) is 12.6 Å². The van der Waals surface area contributed by atoms with Crippen molar-refractivity contribution in [3.8, 4) is 0 Å². The summed E-state index contributed by atoms with van der Waals surface area (Å²) < 4.78 is 0. The summed E-state index contributed by atoms with van der Waals surface area (Å²) in [4.78, 5) is 2.66. The first-order valence-corrected chi connectivity index (χ1v) is 6.35. The Bertz CT molecular complexity index is 194. The van der Waals surface area contributed by atoms with E-state index < -0.39 is 0 Å². The summed E-state index contributed by atoms with van der Waals surface area (Å²) >= 11 is 0. The van der Waals surface area contributed by atoms with Gasteiger partial charge in [0.15, 0.2) is 0 Å². The highest BCUT2D eigenvalue weighted by Gasteiger charge is 2.35. The molecule has 2 fully saturated rings. The summed E-state index contributed by atoms with van der Waals surface area (Å²) in [5.41, 5.74) is 0. The Kier molecular flexibility index (Phi) is 4.00. The minimum Gasteiger partial charge on any atom is -0.396 e. The van der Waals surface area contributed by atoms with E-state index >= 15 is 0 Å². The molecule has 0 aromatic heterocycles. The van der Waals surface area contributed by atoms with Gasteiger partial charge in [0.25, 0.3) is 0 Å². The molecule has 0 aromatic carbocycles. The van der Waals surface area contributed by atoms with Gasteiger partial charge >= 0.3 is 0 Å². The van der Waals surface area contributed by atoms with Gasteiger partial charge in [-0.05, 0) is 45.1 Å². The normalized spacial score (nSPS) is 33.2. The smallest absolute Gasteiger partial charge is 0.0431 e. The zero-order chi connectivity index (χ0) is 10.7. The molecule has 0 radical (unpaired) electrons. The first kappa shape index (κ1) is 11.4. The Hall–Kier alpha value is -0.120. The second-order valence-corrected chi connectivity index (χ2v) is 5.14. The molecule has 1 aliphatic carbocycles. The summed E-state index contributed by atoms with van der Waals surface area (Å²) in [5, 5.41) is 12.3. The van der Waals surface area contributed by atoms with Gasteiger partial charge in [0, 0.05) is 31.8 Å². The van der Waals surface area contributed by atoms with Gasteiger partial charge in [-0.3, -0.25) is 4.90 Å². The molecular weight excluding hydrogens is 188 g/mol. The van der Waals surface area contributed by atoms with Gasteiger partial charge < -0.3 is 10.4 Å². The van der Waals surface area contributed by atoms with Crippen LogP contribution in [0.2, 0.25) is 0 Å². The molecule has 1 saturated heterocycles. The third-order valence-corrected chi connectivity index (χ3v) is 3.81. The lowest BCUT2D eigenvalue weighted by atomic mass is 9.90. The number of aliphatic hydroxyl groups excluding tert-OH is 1. The van der Waals surface area contributed by atoms with E-state index in [-0.39, 0.29) is 0 Å². The molecule has 0 aromatic rings. The van der Waals surface area contributed by atoms with Crippen LogP contribution in [-0.2, 0) is 0 Å². The maximum atomic E-state index is 8.88. The molecule has 1 saturated carbocycles. The third-order valence-electron chi connectivity index (χ3n) is 3.81. The molecular formula is C12H24N2O. The van der Waals surface area contributed by atoms with Crippen LogP contribution >= 0.6 is 0 Å². The fourth-order valence-electron chi connectivity index (χ4n) is 2.78. The van der Waals surface area contributed by atoms with Crippen molar-refractivity contribution >= 4 is 0 Å². The standard InChI is InChI=1S/C12H24N2O/c1-13-11-7-10(3-2-6-15)8-14(9-11)12-4-5-12/h10-13,15H,2-9H2,1H3. The molecule has 0 amide bonds. The van der Waals surface area contributed by atoms with E-state index in [1.54, 1.807) is 0 Å². The van der Waals surface area contributed by atoms with Gasteiger partial charge in [0.1, 0.15) is 0 Å². The monoisotopic (exact) mass is 212 g/mol. The van der Waals surface area contributed by atoms with Crippen LogP contribution in [0, 0.1) is 5.92 Å². The number of aliphatic hydroxyl groups is 1. The fraction of sp³-hybridized carbons (Fsp3) is 1.00. The highest BCUT2D eigenvalue weighted by molar-refractivity contribution is 4.91. The van der Waals surface area contributed by atoms with Crippen LogP contribution < -0.4 is 5.32 Å². The van der Waals surface area contributed by atoms with E-state index in [1.165, 1.54) is 38.8 Å². The predicted octanol–water partition coefficient (Wildman–Crippen LogP) is 0.831. The van der Waals surface area contributed by atoms with Crippen LogP contribution in [0.15, 0.2) is 0 Å². The van der Waals surface area contributed by atoms with Gasteiger partial charge in [-0.1, -0.05) is 0 Å². The molecule has 15 heavy (non-hydrogen) atoms. The molecule has 2 aliphatic rings. The second kappa shape index (κ2) is 5.28. The number of hydrogen-bond acceptors (Lipinski definition) is 3. The third kappa shape index (κ3) is 3.16. The number of nitrogens with zero attached hydrogens (tertiary/aromatic N) is 1. The average molecular weight is 212 g/mol. The Morgan fingerprint density at radius 1 is 1.33 bits per heavy atom. The van der Waals surface area contributed by atoms with Crippen LogP contribution in [0.4, 0.5) is 0 Å². The van der Waals surface area contributed by atoms with Crippen molar-refractivity contribution in [1.29, 1.82) is 0 Å². The topological polar surface area (TPSA) is 35.5 Å². The number of rotatable bonds is 5. The number of nitrogens with one attached hydrogen (secondary N) is 1. The highest BCUT2D eigenvalue weighted by Crippen LogP contribution is 2.32. The first-order valence-electron chi connectivity index (χ1n) is 6.35. The van der Waals surface area contributed by atoms with Crippen molar-refractivity contribution in [2.75, 3.05) is 26.7 Å². The fourth-order valence-corrected chi connectivity index (χ4v) is 2.78. The molecule has 88 valence electrons. The predicted molar refractivity (Wildman–Crippen MR) is 61.9 cm³/mol. The highest BCUT2D eigenvalue weighted by atomic mass is 16.2. The Labute approximate surface area is 92.8 Å². The number of hydrogen-bond donors (Lipinski definition) is 2. The van der Waals surface area contributed by atoms with Crippen molar-refractivity contribution in [1.82, 2.24) is 10.2 Å². The van der Waals surface area contributed by atoms with E-state index in [9.17, 15) is 0 Å². The van der Waals surface area contributed by atoms with Gasteiger partial charge in [-0.15, -0.1) is 0 Å². The van der Waals surface area contributed by atoms with Crippen molar-refractivity contribution in [3.05, 3.63) is 0 Å². The van der Waals surface area contributed by atoms with Gasteiger partial charge in [0.2, 0.25) is 0 Å². The largest absolute Gasteiger partial charge is 0.396 e. The van der Waals surface area contributed by atoms with Crippen LogP contribution in [0.1, 0.15) is 32.1 Å². The van der Waals surface area contributed by atoms with Crippen molar-refractivity contribution in [3.63, 3.8) is 0 Å². The minimum atomic E-state index is 0.351. The second-order valence-electron chi connectivity index (χ2n) is 5.14. The summed E-state index contributed by atoms with van der Waals surface area (Å²) in [7, 11) is 2.07. The summed E-state index contributed by atoms with van der Waals surface area (Å²) in [6.07, 6.45) is 6.27. The Balaban J connectivity index is 1.82. The van der Waals surface area contributed by atoms with Crippen molar-refractivity contribution in [2.24, 2.45) is 5.92 Å². The summed E-state index contributed by atoms with van der Waals surface area (Å²) in [6, 6.07) is 1.56. The molecule has 1 aliphatic heterocycles.